The van der Waals surface area contributed by atoms with Crippen LogP contribution < -0.4 is 5.32 Å². The number of hydrogen-bond acceptors (Lipinski definition) is 6. The average molecular weight is 320 g/mol. The Morgan fingerprint density at radius 2 is 2.00 bits per heavy atom. The highest BCUT2D eigenvalue weighted by molar-refractivity contribution is 7.18. The predicted octanol–water partition coefficient (Wildman–Crippen LogP) is 2.70. The Balaban J connectivity index is 1.99. The van der Waals surface area contributed by atoms with Crippen LogP contribution in [0.15, 0.2) is 0 Å². The molecule has 1 aliphatic heterocycles. The molecule has 0 aliphatic carbocycles. The largest absolute Gasteiger partial charge is 0.394 e. The molecule has 3 heterocycles. The quantitative estimate of drug-likeness (QED) is 0.887. The molecule has 0 aromatic carbocycles. The first kappa shape index (κ1) is 15.6. The van der Waals surface area contributed by atoms with Gasteiger partial charge in [-0.2, -0.15) is 0 Å². The number of aromatic nitrogens is 2. The molecule has 2 N–H and O–H groups in total. The van der Waals surface area contributed by atoms with Gasteiger partial charge in [0, 0.05) is 10.9 Å². The van der Waals surface area contributed by atoms with Crippen molar-refractivity contribution in [2.45, 2.75) is 46.2 Å². The number of likely N-dealkylation sites (tertiary alicyclic amines) is 1. The second-order valence-electron chi connectivity index (χ2n) is 6.16. The fraction of sp³-hybridized carbons (Fsp3) is 0.625. The van der Waals surface area contributed by atoms with Crippen LogP contribution in [0.1, 0.15) is 36.0 Å². The summed E-state index contributed by atoms with van der Waals surface area (Å²) in [6.07, 6.45) is 2.54. The molecule has 1 atom stereocenters. The van der Waals surface area contributed by atoms with Crippen LogP contribution in [0.4, 0.5) is 5.82 Å². The summed E-state index contributed by atoms with van der Waals surface area (Å²) in [4.78, 5) is 14.3. The van der Waals surface area contributed by atoms with Gasteiger partial charge in [0.15, 0.2) is 0 Å². The zero-order valence-corrected chi connectivity index (χ0v) is 14.3. The zero-order valence-electron chi connectivity index (χ0n) is 13.5. The number of aliphatic hydroxyl groups is 1. The first-order valence-corrected chi connectivity index (χ1v) is 8.76. The van der Waals surface area contributed by atoms with Crippen LogP contribution in [-0.2, 0) is 6.54 Å². The number of aliphatic hydroxyl groups excluding tert-OH is 1. The van der Waals surface area contributed by atoms with Crippen molar-refractivity contribution in [2.24, 2.45) is 0 Å². The molecular weight excluding hydrogens is 296 g/mol. The maximum atomic E-state index is 9.33. The van der Waals surface area contributed by atoms with Crippen molar-refractivity contribution in [3.05, 3.63) is 16.3 Å². The Morgan fingerprint density at radius 1 is 1.27 bits per heavy atom. The summed E-state index contributed by atoms with van der Waals surface area (Å²) in [7, 11) is 0. The van der Waals surface area contributed by atoms with Crippen molar-refractivity contribution in [2.75, 3.05) is 25.0 Å². The number of fused-ring (bicyclic) bond motifs is 1. The van der Waals surface area contributed by atoms with E-state index in [-0.39, 0.29) is 12.6 Å². The van der Waals surface area contributed by atoms with E-state index in [4.69, 9.17) is 9.97 Å². The summed E-state index contributed by atoms with van der Waals surface area (Å²) >= 11 is 1.73. The van der Waals surface area contributed by atoms with Crippen molar-refractivity contribution in [1.29, 1.82) is 0 Å². The van der Waals surface area contributed by atoms with E-state index in [0.717, 1.165) is 41.5 Å². The standard InChI is InChI=1S/C16H24N4OS/c1-10(9-21)17-15-14-11(2)12(3)22-16(14)19-13(18-15)8-20-6-4-5-7-20/h10,21H,4-9H2,1-3H3,(H,17,18,19). The van der Waals surface area contributed by atoms with Crippen molar-refractivity contribution < 1.29 is 5.11 Å². The molecule has 0 bridgehead atoms. The van der Waals surface area contributed by atoms with Gasteiger partial charge in [0.2, 0.25) is 0 Å². The van der Waals surface area contributed by atoms with E-state index in [1.165, 1.54) is 23.3 Å². The van der Waals surface area contributed by atoms with Gasteiger partial charge in [-0.1, -0.05) is 0 Å². The van der Waals surface area contributed by atoms with Gasteiger partial charge in [-0.25, -0.2) is 9.97 Å². The second-order valence-corrected chi connectivity index (χ2v) is 7.37. The molecule has 2 aromatic rings. The molecule has 5 nitrogen and oxygen atoms in total. The maximum absolute atomic E-state index is 9.33. The van der Waals surface area contributed by atoms with Crippen LogP contribution in [0.2, 0.25) is 0 Å². The zero-order chi connectivity index (χ0) is 15.7. The van der Waals surface area contributed by atoms with Crippen molar-refractivity contribution in [3.63, 3.8) is 0 Å². The van der Waals surface area contributed by atoms with Crippen molar-refractivity contribution in [3.8, 4) is 0 Å². The van der Waals surface area contributed by atoms with E-state index >= 15 is 0 Å². The Bertz CT molecular complexity index is 664. The van der Waals surface area contributed by atoms with Crippen LogP contribution in [0.25, 0.3) is 10.2 Å². The van der Waals surface area contributed by atoms with Gasteiger partial charge >= 0.3 is 0 Å². The summed E-state index contributed by atoms with van der Waals surface area (Å²) in [5, 5.41) is 13.8. The number of anilines is 1. The van der Waals surface area contributed by atoms with E-state index < -0.39 is 0 Å². The highest BCUT2D eigenvalue weighted by Gasteiger charge is 2.18. The molecule has 1 aliphatic rings. The van der Waals surface area contributed by atoms with Crippen LogP contribution >= 0.6 is 11.3 Å². The fourth-order valence-corrected chi connectivity index (χ4v) is 3.94. The minimum absolute atomic E-state index is 0.0163. The van der Waals surface area contributed by atoms with E-state index in [2.05, 4.69) is 24.1 Å². The summed E-state index contributed by atoms with van der Waals surface area (Å²) in [5.41, 5.74) is 1.24. The molecule has 1 fully saturated rings. The average Bonchev–Trinajstić information content (AvgIpc) is 3.08. The molecule has 120 valence electrons. The van der Waals surface area contributed by atoms with Gasteiger partial charge in [0.1, 0.15) is 16.5 Å². The lowest BCUT2D eigenvalue weighted by atomic mass is 10.2. The molecule has 1 saturated heterocycles. The van der Waals surface area contributed by atoms with E-state index in [1.54, 1.807) is 11.3 Å². The molecule has 2 aromatic heterocycles. The molecular formula is C16H24N4OS. The summed E-state index contributed by atoms with van der Waals surface area (Å²) in [6, 6.07) is -0.0163. The minimum Gasteiger partial charge on any atom is -0.394 e. The van der Waals surface area contributed by atoms with Crippen molar-refractivity contribution in [1.82, 2.24) is 14.9 Å². The van der Waals surface area contributed by atoms with Crippen molar-refractivity contribution >= 4 is 27.4 Å². The Kier molecular flexibility index (Phi) is 4.61. The smallest absolute Gasteiger partial charge is 0.146 e. The molecule has 0 saturated carbocycles. The highest BCUT2D eigenvalue weighted by atomic mass is 32.1. The molecule has 6 heteroatoms. The van der Waals surface area contributed by atoms with Gasteiger partial charge in [-0.15, -0.1) is 11.3 Å². The molecule has 0 amide bonds. The number of nitrogens with one attached hydrogen (secondary N) is 1. The van der Waals surface area contributed by atoms with Gasteiger partial charge in [0.05, 0.1) is 18.5 Å². The molecule has 0 spiro atoms. The van der Waals surface area contributed by atoms with Gasteiger partial charge in [0.25, 0.3) is 0 Å². The van der Waals surface area contributed by atoms with E-state index in [9.17, 15) is 5.11 Å². The Labute approximate surface area is 135 Å². The number of hydrogen-bond donors (Lipinski definition) is 2. The number of nitrogens with zero attached hydrogens (tertiary/aromatic N) is 3. The lowest BCUT2D eigenvalue weighted by molar-refractivity contribution is 0.281. The van der Waals surface area contributed by atoms with Crippen LogP contribution in [-0.4, -0.2) is 45.7 Å². The normalized spacial score (nSPS) is 17.3. The lowest BCUT2D eigenvalue weighted by Crippen LogP contribution is -2.23. The third kappa shape index (κ3) is 3.09. The number of thiophene rings is 1. The predicted molar refractivity (Wildman–Crippen MR) is 91.6 cm³/mol. The van der Waals surface area contributed by atoms with Crippen LogP contribution in [0, 0.1) is 13.8 Å². The number of rotatable bonds is 5. The SMILES string of the molecule is Cc1sc2nc(CN3CCCC3)nc(NC(C)CO)c2c1C. The molecule has 3 rings (SSSR count). The van der Waals surface area contributed by atoms with E-state index in [1.807, 2.05) is 6.92 Å². The fourth-order valence-electron chi connectivity index (χ4n) is 2.89. The second kappa shape index (κ2) is 6.48. The molecule has 22 heavy (non-hydrogen) atoms. The maximum Gasteiger partial charge on any atom is 0.146 e. The first-order chi connectivity index (χ1) is 10.6. The minimum atomic E-state index is -0.0163. The molecule has 0 radical (unpaired) electrons. The summed E-state index contributed by atoms with van der Waals surface area (Å²) in [6.45, 7) is 9.39. The van der Waals surface area contributed by atoms with Gasteiger partial charge in [-0.05, 0) is 52.3 Å². The van der Waals surface area contributed by atoms with E-state index in [0.29, 0.717) is 0 Å². The third-order valence-electron chi connectivity index (χ3n) is 4.30. The monoisotopic (exact) mass is 320 g/mol. The van der Waals surface area contributed by atoms with Gasteiger partial charge < -0.3 is 10.4 Å². The first-order valence-electron chi connectivity index (χ1n) is 7.95. The Morgan fingerprint density at radius 3 is 2.68 bits per heavy atom. The Hall–Kier alpha value is -1.24. The van der Waals surface area contributed by atoms with Gasteiger partial charge in [-0.3, -0.25) is 4.90 Å². The van der Waals surface area contributed by atoms with Crippen LogP contribution in [0.3, 0.4) is 0 Å². The van der Waals surface area contributed by atoms with Crippen LogP contribution in [0.5, 0.6) is 0 Å². The summed E-state index contributed by atoms with van der Waals surface area (Å²) in [5.74, 6) is 1.74. The molecule has 1 unspecified atom stereocenters. The number of aryl methyl sites for hydroxylation is 2. The lowest BCUT2D eigenvalue weighted by Gasteiger charge is -2.16. The highest BCUT2D eigenvalue weighted by Crippen LogP contribution is 2.33. The third-order valence-corrected chi connectivity index (χ3v) is 5.40. The topological polar surface area (TPSA) is 61.3 Å². The summed E-state index contributed by atoms with van der Waals surface area (Å²) < 4.78 is 0.